The second-order valence-corrected chi connectivity index (χ2v) is 11.9. The summed E-state index contributed by atoms with van der Waals surface area (Å²) in [6, 6.07) is 23.9. The summed E-state index contributed by atoms with van der Waals surface area (Å²) in [5.41, 5.74) is 5.66. The van der Waals surface area contributed by atoms with E-state index in [4.69, 9.17) is 4.98 Å². The maximum Gasteiger partial charge on any atom is 0.251 e. The number of carbonyl (C=O) groups excluding carboxylic acids is 2. The minimum Gasteiger partial charge on any atom is -0.356 e. The molecular weight excluding hydrogens is 548 g/mol. The van der Waals surface area contributed by atoms with E-state index in [0.717, 1.165) is 86.5 Å². The summed E-state index contributed by atoms with van der Waals surface area (Å²) in [7, 11) is 0. The Morgan fingerprint density at radius 2 is 1.50 bits per heavy atom. The largest absolute Gasteiger partial charge is 0.356 e. The summed E-state index contributed by atoms with van der Waals surface area (Å²) in [4.78, 5) is 39.4. The van der Waals surface area contributed by atoms with Gasteiger partial charge in [0.2, 0.25) is 0 Å². The van der Waals surface area contributed by atoms with E-state index in [9.17, 15) is 9.59 Å². The van der Waals surface area contributed by atoms with E-state index in [1.807, 2.05) is 80.0 Å². The molecule has 2 fully saturated rings. The number of nitrogens with zero attached hydrogens (tertiary/aromatic N) is 4. The number of piperidine rings is 2. The lowest BCUT2D eigenvalue weighted by molar-refractivity contribution is 0.0905. The Morgan fingerprint density at radius 1 is 0.773 bits per heavy atom. The van der Waals surface area contributed by atoms with Crippen LogP contribution in [0, 0.1) is 6.92 Å². The van der Waals surface area contributed by atoms with Crippen molar-refractivity contribution < 1.29 is 9.59 Å². The number of rotatable bonds is 8. The highest BCUT2D eigenvalue weighted by Gasteiger charge is 2.24. The molecule has 4 heterocycles. The van der Waals surface area contributed by atoms with Gasteiger partial charge in [0.25, 0.3) is 11.8 Å². The van der Waals surface area contributed by atoms with E-state index >= 15 is 0 Å². The van der Waals surface area contributed by atoms with Crippen molar-refractivity contribution in [1.82, 2.24) is 25.5 Å². The van der Waals surface area contributed by atoms with E-state index in [1.165, 1.54) is 5.56 Å². The number of hydrogen-bond acceptors (Lipinski definition) is 6. The molecule has 0 saturated carbocycles. The summed E-state index contributed by atoms with van der Waals surface area (Å²) in [5.74, 6) is 0.986. The van der Waals surface area contributed by atoms with Gasteiger partial charge in [0.05, 0.1) is 0 Å². The lowest BCUT2D eigenvalue weighted by Gasteiger charge is -2.34. The Kier molecular flexibility index (Phi) is 9.27. The molecule has 0 radical (unpaired) electrons. The molecule has 2 N–H and O–H groups in total. The van der Waals surface area contributed by atoms with Crippen LogP contribution in [0.15, 0.2) is 91.4 Å². The van der Waals surface area contributed by atoms with Crippen molar-refractivity contribution in [3.63, 3.8) is 0 Å². The number of carbonyl (C=O) groups is 2. The molecule has 2 aliphatic heterocycles. The number of aromatic nitrogens is 2. The van der Waals surface area contributed by atoms with Gasteiger partial charge in [-0.05, 0) is 79.6 Å². The summed E-state index contributed by atoms with van der Waals surface area (Å²) in [6.45, 7) is 6.48. The molecule has 226 valence electrons. The van der Waals surface area contributed by atoms with Gasteiger partial charge in [0, 0.05) is 80.1 Å². The first kappa shape index (κ1) is 29.5. The maximum absolute atomic E-state index is 13.2. The fourth-order valence-electron chi connectivity index (χ4n) is 6.28. The summed E-state index contributed by atoms with van der Waals surface area (Å²) in [5, 5.41) is 6.46. The first-order chi connectivity index (χ1) is 21.5. The number of nitrogens with one attached hydrogen (secondary N) is 2. The second-order valence-electron chi connectivity index (χ2n) is 11.9. The normalized spacial score (nSPS) is 16.4. The monoisotopic (exact) mass is 588 g/mol. The molecule has 0 aliphatic carbocycles. The Morgan fingerprint density at radius 3 is 2.18 bits per heavy atom. The molecule has 2 aliphatic rings. The molecule has 0 unspecified atom stereocenters. The molecular formula is C36H40N6O2. The van der Waals surface area contributed by atoms with Crippen LogP contribution in [-0.2, 0) is 6.54 Å². The zero-order valence-electron chi connectivity index (χ0n) is 25.3. The number of benzene rings is 2. The van der Waals surface area contributed by atoms with Crippen LogP contribution in [0.25, 0.3) is 11.1 Å². The fourth-order valence-corrected chi connectivity index (χ4v) is 6.28. The molecule has 0 spiro atoms. The van der Waals surface area contributed by atoms with Crippen LogP contribution in [0.3, 0.4) is 0 Å². The van der Waals surface area contributed by atoms with Crippen LogP contribution in [-0.4, -0.2) is 64.9 Å². The summed E-state index contributed by atoms with van der Waals surface area (Å²) < 4.78 is 0. The van der Waals surface area contributed by atoms with Gasteiger partial charge in [0.1, 0.15) is 5.82 Å². The highest BCUT2D eigenvalue weighted by atomic mass is 16.2. The van der Waals surface area contributed by atoms with Gasteiger partial charge in [-0.15, -0.1) is 0 Å². The minimum atomic E-state index is -0.00547. The molecule has 4 aromatic rings. The smallest absolute Gasteiger partial charge is 0.251 e. The average Bonchev–Trinajstić information content (AvgIpc) is 3.07. The summed E-state index contributed by atoms with van der Waals surface area (Å²) >= 11 is 0. The Hall–Kier alpha value is -4.56. The highest BCUT2D eigenvalue weighted by molar-refractivity contribution is 5.97. The third-order valence-corrected chi connectivity index (χ3v) is 8.88. The van der Waals surface area contributed by atoms with E-state index < -0.39 is 0 Å². The van der Waals surface area contributed by atoms with Crippen LogP contribution in [0.4, 0.5) is 5.82 Å². The zero-order valence-corrected chi connectivity index (χ0v) is 25.3. The molecule has 2 saturated heterocycles. The van der Waals surface area contributed by atoms with E-state index in [1.54, 1.807) is 6.20 Å². The van der Waals surface area contributed by atoms with E-state index in [-0.39, 0.29) is 23.9 Å². The van der Waals surface area contributed by atoms with Gasteiger partial charge in [-0.2, -0.15) is 0 Å². The third-order valence-electron chi connectivity index (χ3n) is 8.88. The molecule has 0 atom stereocenters. The standard InChI is InChI=1S/C36H40N6O2/c1-26-32(29-9-6-18-37-24-29)10-5-11-33(26)36(44)40-30-14-19-41(20-15-30)25-27-12-13-34(38-23-27)42-21-16-31(17-22-42)39-35(43)28-7-3-2-4-8-28/h2-13,18,23-24,30-31H,14-17,19-22,25H2,1H3,(H,39,43)(H,40,44). The van der Waals surface area contributed by atoms with Crippen molar-refractivity contribution in [1.29, 1.82) is 0 Å². The topological polar surface area (TPSA) is 90.5 Å². The van der Waals surface area contributed by atoms with Crippen LogP contribution >= 0.6 is 0 Å². The van der Waals surface area contributed by atoms with Crippen LogP contribution in [0.2, 0.25) is 0 Å². The van der Waals surface area contributed by atoms with Gasteiger partial charge >= 0.3 is 0 Å². The van der Waals surface area contributed by atoms with Crippen molar-refractivity contribution in [2.45, 2.75) is 51.2 Å². The Labute approximate surface area is 259 Å². The third kappa shape index (κ3) is 7.14. The maximum atomic E-state index is 13.2. The number of amides is 2. The Bertz CT molecular complexity index is 1550. The predicted octanol–water partition coefficient (Wildman–Crippen LogP) is 5.25. The second kappa shape index (κ2) is 13.8. The lowest BCUT2D eigenvalue weighted by atomic mass is 9.96. The summed E-state index contributed by atoms with van der Waals surface area (Å²) in [6.07, 6.45) is 9.25. The molecule has 8 heteroatoms. The van der Waals surface area contributed by atoms with Crippen LogP contribution in [0.1, 0.15) is 57.5 Å². The molecule has 6 rings (SSSR count). The van der Waals surface area contributed by atoms with Gasteiger partial charge in [-0.3, -0.25) is 19.5 Å². The van der Waals surface area contributed by atoms with Crippen molar-refractivity contribution in [2.75, 3.05) is 31.1 Å². The van der Waals surface area contributed by atoms with Crippen molar-refractivity contribution >= 4 is 17.6 Å². The highest BCUT2D eigenvalue weighted by Crippen LogP contribution is 2.26. The number of pyridine rings is 2. The molecule has 2 aromatic carbocycles. The fraction of sp³-hybridized carbons (Fsp3) is 0.333. The molecule has 0 bridgehead atoms. The van der Waals surface area contributed by atoms with Gasteiger partial charge < -0.3 is 15.5 Å². The predicted molar refractivity (Wildman–Crippen MR) is 174 cm³/mol. The lowest BCUT2D eigenvalue weighted by Crippen LogP contribution is -2.45. The number of likely N-dealkylation sites (tertiary alicyclic amines) is 1. The molecule has 44 heavy (non-hydrogen) atoms. The first-order valence-corrected chi connectivity index (χ1v) is 15.6. The van der Waals surface area contributed by atoms with Gasteiger partial charge in [-0.25, -0.2) is 4.98 Å². The molecule has 2 aromatic heterocycles. The SMILES string of the molecule is Cc1c(C(=O)NC2CCN(Cc3ccc(N4CCC(NC(=O)c5ccccc5)CC4)nc3)CC2)cccc1-c1cccnc1. The quantitative estimate of drug-likeness (QED) is 0.293. The van der Waals surface area contributed by atoms with E-state index in [0.29, 0.717) is 5.56 Å². The number of anilines is 1. The van der Waals surface area contributed by atoms with Crippen LogP contribution in [0.5, 0.6) is 0 Å². The first-order valence-electron chi connectivity index (χ1n) is 15.6. The van der Waals surface area contributed by atoms with Crippen molar-refractivity contribution in [2.24, 2.45) is 0 Å². The number of hydrogen-bond donors (Lipinski definition) is 2. The van der Waals surface area contributed by atoms with Crippen LogP contribution < -0.4 is 15.5 Å². The van der Waals surface area contributed by atoms with Gasteiger partial charge in [0.15, 0.2) is 0 Å². The zero-order chi connectivity index (χ0) is 30.3. The van der Waals surface area contributed by atoms with E-state index in [2.05, 4.69) is 37.6 Å². The van der Waals surface area contributed by atoms with Gasteiger partial charge in [-0.1, -0.05) is 42.5 Å². The molecule has 2 amide bonds. The Balaban J connectivity index is 0.946. The van der Waals surface area contributed by atoms with Crippen molar-refractivity contribution in [3.8, 4) is 11.1 Å². The minimum absolute atomic E-state index is 0.000353. The molecule has 8 nitrogen and oxygen atoms in total. The average molecular weight is 589 g/mol. The van der Waals surface area contributed by atoms with Crippen molar-refractivity contribution in [3.05, 3.63) is 114 Å².